The van der Waals surface area contributed by atoms with E-state index in [1.165, 1.54) is 19.3 Å². The summed E-state index contributed by atoms with van der Waals surface area (Å²) in [5.74, 6) is 0.218. The number of ether oxygens (including phenoxy) is 3. The lowest BCUT2D eigenvalue weighted by Crippen LogP contribution is -2.54. The van der Waals surface area contributed by atoms with Gasteiger partial charge in [0, 0.05) is 0 Å². The van der Waals surface area contributed by atoms with Gasteiger partial charge in [-0.15, -0.1) is 0 Å². The minimum absolute atomic E-state index is 0.0161. The van der Waals surface area contributed by atoms with Crippen LogP contribution >= 0.6 is 0 Å². The highest BCUT2D eigenvalue weighted by atomic mass is 16.6. The molecule has 7 heteroatoms. The zero-order chi connectivity index (χ0) is 29.6. The second kappa shape index (κ2) is 10.7. The first-order valence-electron chi connectivity index (χ1n) is 15.2. The Bertz CT molecular complexity index is 1210. The minimum atomic E-state index is -1.27. The zero-order valence-corrected chi connectivity index (χ0v) is 25.1. The molecular weight excluding hydrogens is 520 g/mol. The number of allylic oxidation sites excluding steroid dienone is 1. The molecule has 1 saturated heterocycles. The van der Waals surface area contributed by atoms with Gasteiger partial charge in [0.15, 0.2) is 0 Å². The molecule has 4 aliphatic carbocycles. The summed E-state index contributed by atoms with van der Waals surface area (Å²) in [4.78, 5) is 52.8. The predicted octanol–water partition coefficient (Wildman–Crippen LogP) is 6.79. The first-order chi connectivity index (χ1) is 19.3. The van der Waals surface area contributed by atoms with E-state index in [0.717, 1.165) is 24.8 Å². The molecule has 5 aliphatic rings. The predicted molar refractivity (Wildman–Crippen MR) is 153 cm³/mol. The topological polar surface area (TPSA) is 96.0 Å². The number of hydrogen-bond acceptors (Lipinski definition) is 7. The first-order valence-corrected chi connectivity index (χ1v) is 15.2. The van der Waals surface area contributed by atoms with Crippen molar-refractivity contribution in [2.75, 3.05) is 0 Å². The highest BCUT2D eigenvalue weighted by Crippen LogP contribution is 2.58. The summed E-state index contributed by atoms with van der Waals surface area (Å²) in [5.41, 5.74) is -2.97. The van der Waals surface area contributed by atoms with Crippen LogP contribution in [0.2, 0.25) is 0 Å². The summed E-state index contributed by atoms with van der Waals surface area (Å²) in [5, 5.41) is 0. The van der Waals surface area contributed by atoms with E-state index in [2.05, 4.69) is 0 Å². The van der Waals surface area contributed by atoms with E-state index in [0.29, 0.717) is 29.9 Å². The number of esters is 4. The summed E-state index contributed by atoms with van der Waals surface area (Å²) >= 11 is 0. The van der Waals surface area contributed by atoms with Gasteiger partial charge in [-0.2, -0.15) is 0 Å². The molecule has 0 aromatic heterocycles. The second-order valence-electron chi connectivity index (χ2n) is 14.4. The molecule has 3 unspecified atom stereocenters. The van der Waals surface area contributed by atoms with Gasteiger partial charge < -0.3 is 14.2 Å². The SMILES string of the molecule is CCC(C)(CC(C)(CC1(C)CC(=O)OC1=O)C(=O)O/C(C)=C/c1ccccc1)C(=O)OC12CC3CC(CC(C3)C1)C2. The molecule has 1 heterocycles. The lowest BCUT2D eigenvalue weighted by Gasteiger charge is -2.56. The molecule has 3 atom stereocenters. The van der Waals surface area contributed by atoms with Crippen LogP contribution in [0.3, 0.4) is 0 Å². The van der Waals surface area contributed by atoms with Crippen LogP contribution in [0.4, 0.5) is 0 Å². The molecule has 222 valence electrons. The van der Waals surface area contributed by atoms with Gasteiger partial charge in [-0.3, -0.25) is 19.2 Å². The molecule has 7 nitrogen and oxygen atoms in total. The molecule has 5 fully saturated rings. The maximum atomic E-state index is 14.0. The van der Waals surface area contributed by atoms with E-state index in [1.807, 2.05) is 44.2 Å². The third-order valence-electron chi connectivity index (χ3n) is 10.3. The summed E-state index contributed by atoms with van der Waals surface area (Å²) in [6.07, 6.45) is 8.78. The Morgan fingerprint density at radius 3 is 2.07 bits per heavy atom. The summed E-state index contributed by atoms with van der Waals surface area (Å²) in [6, 6.07) is 9.53. The number of carbonyl (C=O) groups is 4. The average Bonchev–Trinajstić information content (AvgIpc) is 3.13. The van der Waals surface area contributed by atoms with Gasteiger partial charge in [0.25, 0.3) is 0 Å². The largest absolute Gasteiger partial charge is 0.459 e. The highest BCUT2D eigenvalue weighted by Gasteiger charge is 2.57. The van der Waals surface area contributed by atoms with Crippen molar-refractivity contribution in [3.05, 3.63) is 41.7 Å². The monoisotopic (exact) mass is 564 g/mol. The summed E-state index contributed by atoms with van der Waals surface area (Å²) in [6.45, 7) is 8.88. The standard InChI is InChI=1S/C34H44O7/c1-6-31(3,30(38)41-34-16-24-13-25(17-34)15-26(14-24)18-34)20-33(5,21-32(4)19-27(35)40-28(32)36)29(37)39-22(2)12-23-10-8-7-9-11-23/h7-12,24-26H,6,13-21H2,1-5H3/b22-12+. The smallest absolute Gasteiger partial charge is 0.320 e. The van der Waals surface area contributed by atoms with E-state index in [-0.39, 0.29) is 25.2 Å². The molecule has 0 N–H and O–H groups in total. The van der Waals surface area contributed by atoms with Crippen molar-refractivity contribution in [2.24, 2.45) is 34.0 Å². The number of hydrogen-bond donors (Lipinski definition) is 0. The Hall–Kier alpha value is -2.96. The second-order valence-corrected chi connectivity index (χ2v) is 14.4. The average molecular weight is 565 g/mol. The van der Waals surface area contributed by atoms with E-state index in [1.54, 1.807) is 26.8 Å². The van der Waals surface area contributed by atoms with Gasteiger partial charge in [-0.1, -0.05) is 37.3 Å². The third-order valence-corrected chi connectivity index (χ3v) is 10.3. The molecule has 0 amide bonds. The van der Waals surface area contributed by atoms with Gasteiger partial charge in [0.1, 0.15) is 11.4 Å². The van der Waals surface area contributed by atoms with Gasteiger partial charge in [0.05, 0.1) is 22.7 Å². The van der Waals surface area contributed by atoms with Crippen molar-refractivity contribution < 1.29 is 33.4 Å². The fourth-order valence-corrected chi connectivity index (χ4v) is 8.62. The molecule has 6 rings (SSSR count). The Balaban J connectivity index is 1.40. The minimum Gasteiger partial charge on any atom is -0.459 e. The molecule has 1 aromatic rings. The number of rotatable bonds is 10. The lowest BCUT2D eigenvalue weighted by atomic mass is 9.54. The molecule has 0 spiro atoms. The first kappa shape index (κ1) is 29.5. The Morgan fingerprint density at radius 1 is 0.976 bits per heavy atom. The van der Waals surface area contributed by atoms with Crippen LogP contribution in [-0.2, 0) is 33.4 Å². The summed E-state index contributed by atoms with van der Waals surface area (Å²) in [7, 11) is 0. The Kier molecular flexibility index (Phi) is 7.71. The molecule has 41 heavy (non-hydrogen) atoms. The lowest BCUT2D eigenvalue weighted by molar-refractivity contribution is -0.199. The van der Waals surface area contributed by atoms with Crippen molar-refractivity contribution in [1.82, 2.24) is 0 Å². The van der Waals surface area contributed by atoms with E-state index >= 15 is 0 Å². The fraction of sp³-hybridized carbons (Fsp3) is 0.647. The van der Waals surface area contributed by atoms with Gasteiger partial charge in [-0.05, 0) is 115 Å². The van der Waals surface area contributed by atoms with E-state index in [9.17, 15) is 19.2 Å². The van der Waals surface area contributed by atoms with E-state index in [4.69, 9.17) is 14.2 Å². The van der Waals surface area contributed by atoms with Crippen molar-refractivity contribution in [2.45, 2.75) is 104 Å². The van der Waals surface area contributed by atoms with Crippen LogP contribution in [0.25, 0.3) is 6.08 Å². The van der Waals surface area contributed by atoms with Crippen LogP contribution in [-0.4, -0.2) is 29.5 Å². The number of benzene rings is 1. The summed E-state index contributed by atoms with van der Waals surface area (Å²) < 4.78 is 17.2. The fourth-order valence-electron chi connectivity index (χ4n) is 8.62. The van der Waals surface area contributed by atoms with Crippen LogP contribution in [0.1, 0.15) is 104 Å². The molecule has 4 bridgehead atoms. The van der Waals surface area contributed by atoms with Crippen molar-refractivity contribution in [1.29, 1.82) is 0 Å². The van der Waals surface area contributed by atoms with Gasteiger partial charge >= 0.3 is 23.9 Å². The third kappa shape index (κ3) is 6.00. The van der Waals surface area contributed by atoms with Crippen molar-refractivity contribution in [3.63, 3.8) is 0 Å². The molecule has 1 aliphatic heterocycles. The maximum Gasteiger partial charge on any atom is 0.320 e. The van der Waals surface area contributed by atoms with Crippen LogP contribution < -0.4 is 0 Å². The van der Waals surface area contributed by atoms with Gasteiger partial charge in [-0.25, -0.2) is 0 Å². The molecule has 0 radical (unpaired) electrons. The molecular formula is C34H44O7. The van der Waals surface area contributed by atoms with Crippen molar-refractivity contribution >= 4 is 30.0 Å². The molecule has 4 saturated carbocycles. The number of carbonyl (C=O) groups excluding carboxylic acids is 4. The molecule has 1 aromatic carbocycles. The number of cyclic esters (lactones) is 2. The van der Waals surface area contributed by atoms with Crippen molar-refractivity contribution in [3.8, 4) is 0 Å². The normalized spacial score (nSPS) is 33.6. The highest BCUT2D eigenvalue weighted by molar-refractivity contribution is 5.97. The van der Waals surface area contributed by atoms with E-state index < -0.39 is 39.8 Å². The maximum absolute atomic E-state index is 14.0. The Labute approximate surface area is 243 Å². The van der Waals surface area contributed by atoms with Crippen LogP contribution in [0.15, 0.2) is 36.1 Å². The quantitative estimate of drug-likeness (QED) is 0.134. The van der Waals surface area contributed by atoms with Crippen LogP contribution in [0, 0.1) is 34.0 Å². The Morgan fingerprint density at radius 2 is 1.56 bits per heavy atom. The zero-order valence-electron chi connectivity index (χ0n) is 25.1. The van der Waals surface area contributed by atoms with Crippen LogP contribution in [0.5, 0.6) is 0 Å². The van der Waals surface area contributed by atoms with Gasteiger partial charge in [0.2, 0.25) is 0 Å².